The third kappa shape index (κ3) is 6.38. The predicted molar refractivity (Wildman–Crippen MR) is 100 cm³/mol. The quantitative estimate of drug-likeness (QED) is 0.678. The molecule has 0 bridgehead atoms. The Hall–Kier alpha value is -2.58. The normalized spacial score (nSPS) is 11.8. The van der Waals surface area contributed by atoms with Gasteiger partial charge in [-0.2, -0.15) is 4.98 Å². The summed E-state index contributed by atoms with van der Waals surface area (Å²) in [7, 11) is 3.41. The molecule has 1 aromatic carbocycles. The van der Waals surface area contributed by atoms with Gasteiger partial charge in [-0.05, 0) is 37.7 Å². The predicted octanol–water partition coefficient (Wildman–Crippen LogP) is 1.68. The van der Waals surface area contributed by atoms with Crippen LogP contribution in [0.4, 0.5) is 0 Å². The third-order valence-electron chi connectivity index (χ3n) is 3.44. The highest BCUT2D eigenvalue weighted by Crippen LogP contribution is 2.28. The molecule has 1 amide bonds. The van der Waals surface area contributed by atoms with Crippen LogP contribution >= 0.6 is 12.4 Å². The minimum Gasteiger partial charge on any atom is -0.493 e. The number of carbonyl (C=O) groups is 1. The zero-order valence-electron chi connectivity index (χ0n) is 14.9. The summed E-state index contributed by atoms with van der Waals surface area (Å²) in [4.78, 5) is 15.1. The fraction of sp³-hybridized carbons (Fsp3) is 0.353. The number of ether oxygens (including phenoxy) is 2. The maximum absolute atomic E-state index is 10.8. The van der Waals surface area contributed by atoms with Crippen molar-refractivity contribution in [2.75, 3.05) is 20.8 Å². The van der Waals surface area contributed by atoms with Crippen molar-refractivity contribution >= 4 is 30.5 Å². The van der Waals surface area contributed by atoms with Crippen LogP contribution in [0.3, 0.4) is 0 Å². The van der Waals surface area contributed by atoms with E-state index in [1.807, 2.05) is 26.1 Å². The molecule has 2 rings (SSSR count). The molecule has 0 spiro atoms. The lowest BCUT2D eigenvalue weighted by Gasteiger charge is -2.09. The molecule has 0 aliphatic rings. The molecule has 8 nitrogen and oxygen atoms in total. The van der Waals surface area contributed by atoms with Crippen LogP contribution in [0.2, 0.25) is 0 Å². The second-order valence-electron chi connectivity index (χ2n) is 5.44. The van der Waals surface area contributed by atoms with Gasteiger partial charge in [0.15, 0.2) is 23.9 Å². The molecular weight excluding hydrogens is 360 g/mol. The van der Waals surface area contributed by atoms with Crippen molar-refractivity contribution in [1.82, 2.24) is 15.5 Å². The molecule has 1 aromatic heterocycles. The highest BCUT2D eigenvalue weighted by atomic mass is 35.5. The number of carbonyl (C=O) groups excluding carboxylic acids is 1. The van der Waals surface area contributed by atoms with Gasteiger partial charge in [0.25, 0.3) is 11.8 Å². The van der Waals surface area contributed by atoms with Crippen molar-refractivity contribution in [2.24, 2.45) is 5.73 Å². The Bertz CT molecular complexity index is 748. The molecule has 3 N–H and O–H groups in total. The van der Waals surface area contributed by atoms with E-state index in [9.17, 15) is 4.79 Å². The SMILES string of the molecule is CNC(C)Cc1noc(/C=C/c2ccc(OCC(N)=O)c(OC)c2)n1.Cl. The Morgan fingerprint density at radius 2 is 2.15 bits per heavy atom. The van der Waals surface area contributed by atoms with Gasteiger partial charge in [-0.1, -0.05) is 11.2 Å². The first-order valence-electron chi connectivity index (χ1n) is 7.79. The van der Waals surface area contributed by atoms with E-state index in [0.29, 0.717) is 29.6 Å². The van der Waals surface area contributed by atoms with Crippen molar-refractivity contribution < 1.29 is 18.8 Å². The first-order chi connectivity index (χ1) is 12.0. The number of hydrogen-bond acceptors (Lipinski definition) is 7. The van der Waals surface area contributed by atoms with E-state index in [4.69, 9.17) is 19.7 Å². The number of benzene rings is 1. The molecule has 2 aromatic rings. The number of aromatic nitrogens is 2. The molecule has 9 heteroatoms. The summed E-state index contributed by atoms with van der Waals surface area (Å²) in [5, 5.41) is 7.06. The molecule has 0 saturated heterocycles. The summed E-state index contributed by atoms with van der Waals surface area (Å²) in [6.45, 7) is 1.83. The fourth-order valence-corrected chi connectivity index (χ4v) is 2.02. The Labute approximate surface area is 158 Å². The van der Waals surface area contributed by atoms with Gasteiger partial charge in [-0.3, -0.25) is 4.79 Å². The second kappa shape index (κ2) is 10.4. The summed E-state index contributed by atoms with van der Waals surface area (Å²) in [5.74, 6) is 1.46. The van der Waals surface area contributed by atoms with E-state index < -0.39 is 5.91 Å². The van der Waals surface area contributed by atoms with Gasteiger partial charge >= 0.3 is 0 Å². The van der Waals surface area contributed by atoms with Crippen LogP contribution in [0.1, 0.15) is 24.2 Å². The van der Waals surface area contributed by atoms with Gasteiger partial charge in [0.1, 0.15) is 0 Å². The Morgan fingerprint density at radius 1 is 1.38 bits per heavy atom. The van der Waals surface area contributed by atoms with E-state index in [1.165, 1.54) is 7.11 Å². The van der Waals surface area contributed by atoms with Gasteiger partial charge in [0.2, 0.25) is 0 Å². The molecule has 0 aliphatic heterocycles. The first-order valence-corrected chi connectivity index (χ1v) is 7.79. The molecule has 0 aliphatic carbocycles. The zero-order valence-corrected chi connectivity index (χ0v) is 15.7. The summed E-state index contributed by atoms with van der Waals surface area (Å²) in [6.07, 6.45) is 4.23. The summed E-state index contributed by atoms with van der Waals surface area (Å²) >= 11 is 0. The Morgan fingerprint density at radius 3 is 2.81 bits per heavy atom. The Balaban J connectivity index is 0.00000338. The number of halogens is 1. The summed E-state index contributed by atoms with van der Waals surface area (Å²) < 4.78 is 15.7. The smallest absolute Gasteiger partial charge is 0.255 e. The maximum Gasteiger partial charge on any atom is 0.255 e. The van der Waals surface area contributed by atoms with Crippen LogP contribution in [-0.2, 0) is 11.2 Å². The second-order valence-corrected chi connectivity index (χ2v) is 5.44. The number of nitrogens with zero attached hydrogens (tertiary/aromatic N) is 2. The van der Waals surface area contributed by atoms with Crippen LogP contribution in [0.25, 0.3) is 12.2 Å². The average molecular weight is 383 g/mol. The number of amides is 1. The number of likely N-dealkylation sites (N-methyl/N-ethyl adjacent to an activating group) is 1. The zero-order chi connectivity index (χ0) is 18.2. The van der Waals surface area contributed by atoms with Crippen LogP contribution in [0.5, 0.6) is 11.5 Å². The topological polar surface area (TPSA) is 112 Å². The lowest BCUT2D eigenvalue weighted by Crippen LogP contribution is -2.24. The largest absolute Gasteiger partial charge is 0.493 e. The van der Waals surface area contributed by atoms with E-state index in [1.54, 1.807) is 18.2 Å². The standard InChI is InChI=1S/C17H22N4O4.ClH/c1-11(19-2)8-16-20-17(25-21-16)7-5-12-4-6-13(14(9-12)23-3)24-10-15(18)22;/h4-7,9,11,19H,8,10H2,1-3H3,(H2,18,22);1H/b7-5+;. The molecule has 0 fully saturated rings. The van der Waals surface area contributed by atoms with Crippen molar-refractivity contribution in [3.05, 3.63) is 35.5 Å². The third-order valence-corrected chi connectivity index (χ3v) is 3.44. The van der Waals surface area contributed by atoms with Gasteiger partial charge in [-0.15, -0.1) is 12.4 Å². The molecule has 142 valence electrons. The Kier molecular flexibility index (Phi) is 8.60. The number of rotatable bonds is 9. The highest BCUT2D eigenvalue weighted by molar-refractivity contribution is 5.85. The van der Waals surface area contributed by atoms with Crippen molar-refractivity contribution in [2.45, 2.75) is 19.4 Å². The monoisotopic (exact) mass is 382 g/mol. The minimum atomic E-state index is -0.550. The molecule has 1 heterocycles. The van der Waals surface area contributed by atoms with Crippen molar-refractivity contribution in [3.63, 3.8) is 0 Å². The molecule has 1 unspecified atom stereocenters. The van der Waals surface area contributed by atoms with E-state index in [-0.39, 0.29) is 25.1 Å². The van der Waals surface area contributed by atoms with Gasteiger partial charge in [0, 0.05) is 18.5 Å². The van der Waals surface area contributed by atoms with Crippen LogP contribution in [0, 0.1) is 0 Å². The molecular formula is C17H23ClN4O4. The van der Waals surface area contributed by atoms with Gasteiger partial charge in [-0.25, -0.2) is 0 Å². The number of hydrogen-bond donors (Lipinski definition) is 2. The van der Waals surface area contributed by atoms with E-state index >= 15 is 0 Å². The molecule has 0 radical (unpaired) electrons. The van der Waals surface area contributed by atoms with Gasteiger partial charge < -0.3 is 25.0 Å². The van der Waals surface area contributed by atoms with Crippen LogP contribution in [0.15, 0.2) is 22.7 Å². The number of methoxy groups -OCH3 is 1. The molecule has 1 atom stereocenters. The summed E-state index contributed by atoms with van der Waals surface area (Å²) in [6, 6.07) is 5.56. The minimum absolute atomic E-state index is 0. The molecule has 0 saturated carbocycles. The van der Waals surface area contributed by atoms with E-state index in [2.05, 4.69) is 15.5 Å². The van der Waals surface area contributed by atoms with Crippen LogP contribution in [-0.4, -0.2) is 42.9 Å². The lowest BCUT2D eigenvalue weighted by atomic mass is 10.2. The fourth-order valence-electron chi connectivity index (χ4n) is 2.02. The lowest BCUT2D eigenvalue weighted by molar-refractivity contribution is -0.119. The summed E-state index contributed by atoms with van der Waals surface area (Å²) in [5.41, 5.74) is 5.92. The first kappa shape index (κ1) is 21.5. The maximum atomic E-state index is 10.8. The van der Waals surface area contributed by atoms with E-state index in [0.717, 1.165) is 5.56 Å². The van der Waals surface area contributed by atoms with Crippen molar-refractivity contribution in [3.8, 4) is 11.5 Å². The number of nitrogens with one attached hydrogen (secondary N) is 1. The van der Waals surface area contributed by atoms with Crippen molar-refractivity contribution in [1.29, 1.82) is 0 Å². The molecule has 26 heavy (non-hydrogen) atoms. The average Bonchev–Trinajstić information content (AvgIpc) is 3.05. The van der Waals surface area contributed by atoms with Crippen LogP contribution < -0.4 is 20.5 Å². The van der Waals surface area contributed by atoms with Gasteiger partial charge in [0.05, 0.1) is 7.11 Å². The number of primary amides is 1. The number of nitrogens with two attached hydrogens (primary N) is 1. The highest BCUT2D eigenvalue weighted by Gasteiger charge is 2.08.